The monoisotopic (exact) mass is 471 g/mol. The van der Waals surface area contributed by atoms with E-state index in [2.05, 4.69) is 81.4 Å². The molecular formula is C30H37N3O2. The lowest BCUT2D eigenvalue weighted by molar-refractivity contribution is 0.0342. The molecule has 0 aromatic heterocycles. The number of rotatable bonds is 9. The van der Waals surface area contributed by atoms with E-state index < -0.39 is 0 Å². The van der Waals surface area contributed by atoms with Crippen LogP contribution in [0, 0.1) is 0 Å². The molecule has 35 heavy (non-hydrogen) atoms. The molecule has 0 unspecified atom stereocenters. The van der Waals surface area contributed by atoms with Crippen LogP contribution in [0.5, 0.6) is 5.75 Å². The second-order valence-corrected chi connectivity index (χ2v) is 9.62. The predicted molar refractivity (Wildman–Crippen MR) is 143 cm³/mol. The Kier molecular flexibility index (Phi) is 7.86. The standard InChI is InChI=1S/C30H37N3O2/c1-34-30-6-4-5-27(21-30)24-33(23-26-9-11-28(12-10-26)32-15-2-3-16-32)29-13-7-25(8-14-29)22-31-17-19-35-20-18-31/h4-14,21H,2-3,15-20,22-24H2,1H3. The largest absolute Gasteiger partial charge is 0.497 e. The Morgan fingerprint density at radius 2 is 1.46 bits per heavy atom. The van der Waals surface area contributed by atoms with E-state index in [0.717, 1.165) is 51.7 Å². The van der Waals surface area contributed by atoms with E-state index in [4.69, 9.17) is 9.47 Å². The van der Waals surface area contributed by atoms with Crippen LogP contribution >= 0.6 is 0 Å². The maximum absolute atomic E-state index is 5.49. The van der Waals surface area contributed by atoms with E-state index in [-0.39, 0.29) is 0 Å². The summed E-state index contributed by atoms with van der Waals surface area (Å²) in [5, 5.41) is 0. The van der Waals surface area contributed by atoms with Crippen LogP contribution in [-0.4, -0.2) is 51.4 Å². The highest BCUT2D eigenvalue weighted by atomic mass is 16.5. The molecule has 0 saturated carbocycles. The highest BCUT2D eigenvalue weighted by molar-refractivity contribution is 5.52. The first-order valence-corrected chi connectivity index (χ1v) is 12.9. The van der Waals surface area contributed by atoms with Crippen molar-refractivity contribution in [3.63, 3.8) is 0 Å². The van der Waals surface area contributed by atoms with Crippen LogP contribution in [0.15, 0.2) is 72.8 Å². The van der Waals surface area contributed by atoms with Crippen molar-refractivity contribution >= 4 is 11.4 Å². The summed E-state index contributed by atoms with van der Waals surface area (Å²) in [5.74, 6) is 0.901. The molecule has 0 amide bonds. The molecule has 2 aliphatic heterocycles. The van der Waals surface area contributed by atoms with Crippen molar-refractivity contribution in [2.45, 2.75) is 32.5 Å². The molecule has 2 aliphatic rings. The minimum Gasteiger partial charge on any atom is -0.497 e. The molecule has 2 saturated heterocycles. The molecule has 0 radical (unpaired) electrons. The second-order valence-electron chi connectivity index (χ2n) is 9.62. The second kappa shape index (κ2) is 11.6. The van der Waals surface area contributed by atoms with Gasteiger partial charge in [0.15, 0.2) is 0 Å². The van der Waals surface area contributed by atoms with Gasteiger partial charge in [-0.15, -0.1) is 0 Å². The van der Waals surface area contributed by atoms with Gasteiger partial charge in [0.05, 0.1) is 20.3 Å². The van der Waals surface area contributed by atoms with Gasteiger partial charge in [-0.3, -0.25) is 4.90 Å². The fourth-order valence-corrected chi connectivity index (χ4v) is 5.07. The molecule has 0 spiro atoms. The number of hydrogen-bond acceptors (Lipinski definition) is 5. The van der Waals surface area contributed by atoms with Crippen molar-refractivity contribution in [1.82, 2.24) is 4.90 Å². The average Bonchev–Trinajstić information content (AvgIpc) is 3.45. The van der Waals surface area contributed by atoms with Crippen LogP contribution < -0.4 is 14.5 Å². The molecule has 5 heteroatoms. The van der Waals surface area contributed by atoms with E-state index in [1.807, 2.05) is 6.07 Å². The van der Waals surface area contributed by atoms with Gasteiger partial charge in [0.2, 0.25) is 0 Å². The number of hydrogen-bond donors (Lipinski definition) is 0. The van der Waals surface area contributed by atoms with Crippen LogP contribution in [0.1, 0.15) is 29.5 Å². The molecule has 0 aliphatic carbocycles. The molecule has 5 rings (SSSR count). The van der Waals surface area contributed by atoms with E-state index in [1.165, 1.54) is 54.0 Å². The van der Waals surface area contributed by atoms with Gasteiger partial charge < -0.3 is 19.3 Å². The van der Waals surface area contributed by atoms with E-state index >= 15 is 0 Å². The predicted octanol–water partition coefficient (Wildman–Crippen LogP) is 5.33. The number of nitrogens with zero attached hydrogens (tertiary/aromatic N) is 3. The van der Waals surface area contributed by atoms with Gasteiger partial charge >= 0.3 is 0 Å². The smallest absolute Gasteiger partial charge is 0.119 e. The topological polar surface area (TPSA) is 28.2 Å². The van der Waals surface area contributed by atoms with Crippen molar-refractivity contribution in [3.8, 4) is 5.75 Å². The summed E-state index contributed by atoms with van der Waals surface area (Å²) in [6.45, 7) is 8.72. The van der Waals surface area contributed by atoms with Crippen LogP contribution in [-0.2, 0) is 24.4 Å². The van der Waals surface area contributed by atoms with Gasteiger partial charge in [0.25, 0.3) is 0 Å². The summed E-state index contributed by atoms with van der Waals surface area (Å²) >= 11 is 0. The number of methoxy groups -OCH3 is 1. The highest BCUT2D eigenvalue weighted by Gasteiger charge is 2.15. The first kappa shape index (κ1) is 23.7. The zero-order valence-electron chi connectivity index (χ0n) is 20.9. The summed E-state index contributed by atoms with van der Waals surface area (Å²) < 4.78 is 11.0. The van der Waals surface area contributed by atoms with Gasteiger partial charge in [-0.25, -0.2) is 0 Å². The summed E-state index contributed by atoms with van der Waals surface area (Å²) in [5.41, 5.74) is 6.51. The van der Waals surface area contributed by atoms with Gasteiger partial charge in [0, 0.05) is 57.2 Å². The van der Waals surface area contributed by atoms with Crippen molar-refractivity contribution in [2.24, 2.45) is 0 Å². The van der Waals surface area contributed by atoms with Crippen LogP contribution in [0.25, 0.3) is 0 Å². The molecule has 0 N–H and O–H groups in total. The number of benzene rings is 3. The number of anilines is 2. The zero-order chi connectivity index (χ0) is 23.9. The molecule has 2 heterocycles. The molecule has 0 bridgehead atoms. The SMILES string of the molecule is COc1cccc(CN(Cc2ccc(N3CCCC3)cc2)c2ccc(CN3CCOCC3)cc2)c1. The third kappa shape index (κ3) is 6.36. The van der Waals surface area contributed by atoms with Gasteiger partial charge in [-0.1, -0.05) is 36.4 Å². The van der Waals surface area contributed by atoms with E-state index in [0.29, 0.717) is 0 Å². The molecule has 3 aromatic carbocycles. The summed E-state index contributed by atoms with van der Waals surface area (Å²) in [7, 11) is 1.73. The Labute approximate surface area is 209 Å². The molecule has 3 aromatic rings. The maximum Gasteiger partial charge on any atom is 0.119 e. The van der Waals surface area contributed by atoms with E-state index in [9.17, 15) is 0 Å². The Balaban J connectivity index is 1.33. The fourth-order valence-electron chi connectivity index (χ4n) is 5.07. The van der Waals surface area contributed by atoms with Crippen molar-refractivity contribution in [3.05, 3.63) is 89.5 Å². The normalized spacial score (nSPS) is 16.4. The molecule has 184 valence electrons. The number of ether oxygens (including phenoxy) is 2. The minimum atomic E-state index is 0.827. The van der Waals surface area contributed by atoms with Gasteiger partial charge in [-0.2, -0.15) is 0 Å². The molecule has 5 nitrogen and oxygen atoms in total. The Morgan fingerprint density at radius 1 is 0.771 bits per heavy atom. The van der Waals surface area contributed by atoms with Crippen LogP contribution in [0.4, 0.5) is 11.4 Å². The molecule has 0 atom stereocenters. The maximum atomic E-state index is 5.49. The Hall–Kier alpha value is -3.02. The lowest BCUT2D eigenvalue weighted by Gasteiger charge is -2.28. The Morgan fingerprint density at radius 3 is 2.17 bits per heavy atom. The summed E-state index contributed by atoms with van der Waals surface area (Å²) in [4.78, 5) is 7.41. The van der Waals surface area contributed by atoms with Crippen LogP contribution in [0.2, 0.25) is 0 Å². The summed E-state index contributed by atoms with van der Waals surface area (Å²) in [6, 6.07) is 26.6. The zero-order valence-corrected chi connectivity index (χ0v) is 20.9. The number of morpholine rings is 1. The fraction of sp³-hybridized carbons (Fsp3) is 0.400. The van der Waals surface area contributed by atoms with Crippen molar-refractivity contribution < 1.29 is 9.47 Å². The minimum absolute atomic E-state index is 0.827. The Bertz CT molecular complexity index is 1060. The third-order valence-electron chi connectivity index (χ3n) is 7.10. The molecule has 2 fully saturated rings. The third-order valence-corrected chi connectivity index (χ3v) is 7.10. The van der Waals surface area contributed by atoms with Gasteiger partial charge in [-0.05, 0) is 65.9 Å². The quantitative estimate of drug-likeness (QED) is 0.420. The first-order valence-electron chi connectivity index (χ1n) is 12.9. The van der Waals surface area contributed by atoms with Crippen molar-refractivity contribution in [2.75, 3.05) is 56.3 Å². The average molecular weight is 472 g/mol. The van der Waals surface area contributed by atoms with E-state index in [1.54, 1.807) is 7.11 Å². The van der Waals surface area contributed by atoms with Crippen LogP contribution in [0.3, 0.4) is 0 Å². The lowest BCUT2D eigenvalue weighted by atomic mass is 10.1. The summed E-state index contributed by atoms with van der Waals surface area (Å²) in [6.07, 6.45) is 2.61. The highest BCUT2D eigenvalue weighted by Crippen LogP contribution is 2.25. The lowest BCUT2D eigenvalue weighted by Crippen LogP contribution is -2.35. The van der Waals surface area contributed by atoms with Crippen molar-refractivity contribution in [1.29, 1.82) is 0 Å². The first-order chi connectivity index (χ1) is 17.3. The molecular weight excluding hydrogens is 434 g/mol. The van der Waals surface area contributed by atoms with Gasteiger partial charge in [0.1, 0.15) is 5.75 Å².